The van der Waals surface area contributed by atoms with E-state index in [9.17, 15) is 10.1 Å². The zero-order valence-corrected chi connectivity index (χ0v) is 18.8. The average Bonchev–Trinajstić information content (AvgIpc) is 3.48. The molecule has 1 N–H and O–H groups in total. The van der Waals surface area contributed by atoms with Crippen LogP contribution in [0.1, 0.15) is 39.3 Å². The van der Waals surface area contributed by atoms with Gasteiger partial charge in [0.25, 0.3) is 5.91 Å². The number of rotatable bonds is 6. The van der Waals surface area contributed by atoms with Gasteiger partial charge in [-0.1, -0.05) is 42.5 Å². The summed E-state index contributed by atoms with van der Waals surface area (Å²) >= 11 is 1.51. The van der Waals surface area contributed by atoms with Crippen LogP contribution < -0.4 is 10.1 Å². The topological polar surface area (TPSA) is 79.9 Å². The van der Waals surface area contributed by atoms with Crippen molar-refractivity contribution >= 4 is 22.2 Å². The van der Waals surface area contributed by atoms with E-state index in [2.05, 4.69) is 28.6 Å². The van der Waals surface area contributed by atoms with Gasteiger partial charge in [-0.05, 0) is 60.6 Å². The van der Waals surface area contributed by atoms with Crippen LogP contribution >= 0.6 is 11.3 Å². The normalized spacial score (nSPS) is 12.6. The van der Waals surface area contributed by atoms with Crippen LogP contribution in [0.15, 0.2) is 66.9 Å². The summed E-state index contributed by atoms with van der Waals surface area (Å²) in [5, 5.41) is 17.4. The van der Waals surface area contributed by atoms with Gasteiger partial charge in [0.2, 0.25) is 0 Å². The number of nitriles is 1. The van der Waals surface area contributed by atoms with Crippen molar-refractivity contribution < 1.29 is 9.53 Å². The van der Waals surface area contributed by atoms with Crippen LogP contribution in [0.5, 0.6) is 5.75 Å². The lowest BCUT2D eigenvalue weighted by Gasteiger charge is -2.09. The molecular formula is C26H22N4O2S. The van der Waals surface area contributed by atoms with Crippen molar-refractivity contribution in [3.8, 4) is 22.9 Å². The van der Waals surface area contributed by atoms with Crippen molar-refractivity contribution in [3.05, 3.63) is 88.6 Å². The lowest BCUT2D eigenvalue weighted by atomic mass is 9.96. The van der Waals surface area contributed by atoms with E-state index >= 15 is 0 Å². The third-order valence-electron chi connectivity index (χ3n) is 5.71. The van der Waals surface area contributed by atoms with Gasteiger partial charge in [-0.2, -0.15) is 10.4 Å². The number of carbonyl (C=O) groups is 1. The zero-order chi connectivity index (χ0) is 22.6. The molecule has 0 saturated heterocycles. The molecule has 0 aliphatic heterocycles. The fourth-order valence-corrected chi connectivity index (χ4v) is 5.24. The Balaban J connectivity index is 1.21. The Morgan fingerprint density at radius 2 is 1.82 bits per heavy atom. The number of thiophene rings is 1. The largest absolute Gasteiger partial charge is 0.471 e. The molecule has 6 nitrogen and oxygen atoms in total. The molecule has 33 heavy (non-hydrogen) atoms. The molecule has 0 atom stereocenters. The molecule has 7 heteroatoms. The molecule has 1 aliphatic carbocycles. The van der Waals surface area contributed by atoms with Crippen LogP contribution in [0, 0.1) is 11.3 Å². The molecule has 2 heterocycles. The second kappa shape index (κ2) is 9.31. The number of aryl methyl sites for hydroxylation is 1. The summed E-state index contributed by atoms with van der Waals surface area (Å²) in [6.45, 7) is 0.189. The smallest absolute Gasteiger partial charge is 0.276 e. The van der Waals surface area contributed by atoms with E-state index in [-0.39, 0.29) is 18.3 Å². The quantitative estimate of drug-likeness (QED) is 0.408. The average molecular weight is 455 g/mol. The molecule has 0 saturated carbocycles. The SMILES string of the molecule is N#Cc1c(NC(=O)c2ccn(COc3ccc(-c4ccccc4)cc3)n2)sc2c1CCCC2. The summed E-state index contributed by atoms with van der Waals surface area (Å²) in [6.07, 6.45) is 5.81. The Morgan fingerprint density at radius 1 is 1.06 bits per heavy atom. The summed E-state index contributed by atoms with van der Waals surface area (Å²) in [5.41, 5.74) is 4.25. The van der Waals surface area contributed by atoms with Gasteiger partial charge in [0.1, 0.15) is 16.8 Å². The Kier molecular flexibility index (Phi) is 5.92. The minimum atomic E-state index is -0.323. The van der Waals surface area contributed by atoms with Gasteiger partial charge < -0.3 is 10.1 Å². The highest BCUT2D eigenvalue weighted by molar-refractivity contribution is 7.16. The van der Waals surface area contributed by atoms with Gasteiger partial charge in [-0.3, -0.25) is 4.79 Å². The predicted octanol–water partition coefficient (Wildman–Crippen LogP) is 5.65. The Bertz CT molecular complexity index is 1320. The number of hydrogen-bond donors (Lipinski definition) is 1. The molecule has 4 aromatic rings. The molecule has 0 bridgehead atoms. The van der Waals surface area contributed by atoms with Gasteiger partial charge in [0.05, 0.1) is 5.56 Å². The number of anilines is 1. The first-order chi connectivity index (χ1) is 16.2. The van der Waals surface area contributed by atoms with Crippen molar-refractivity contribution in [3.63, 3.8) is 0 Å². The maximum Gasteiger partial charge on any atom is 0.276 e. The Morgan fingerprint density at radius 3 is 2.61 bits per heavy atom. The monoisotopic (exact) mass is 454 g/mol. The number of ether oxygens (including phenoxy) is 1. The summed E-state index contributed by atoms with van der Waals surface area (Å²) in [5.74, 6) is 0.398. The minimum Gasteiger partial charge on any atom is -0.471 e. The summed E-state index contributed by atoms with van der Waals surface area (Å²) in [4.78, 5) is 13.9. The number of nitrogens with one attached hydrogen (secondary N) is 1. The van der Waals surface area contributed by atoms with E-state index in [0.29, 0.717) is 10.6 Å². The fourth-order valence-electron chi connectivity index (χ4n) is 4.01. The maximum atomic E-state index is 12.7. The molecule has 2 aromatic carbocycles. The van der Waals surface area contributed by atoms with E-state index in [1.807, 2.05) is 42.5 Å². The highest BCUT2D eigenvalue weighted by atomic mass is 32.1. The van der Waals surface area contributed by atoms with Gasteiger partial charge in [0, 0.05) is 11.1 Å². The summed E-state index contributed by atoms with van der Waals surface area (Å²) in [7, 11) is 0. The van der Waals surface area contributed by atoms with Crippen LogP contribution in [0.25, 0.3) is 11.1 Å². The van der Waals surface area contributed by atoms with Gasteiger partial charge >= 0.3 is 0 Å². The van der Waals surface area contributed by atoms with E-state index < -0.39 is 0 Å². The molecule has 0 spiro atoms. The highest BCUT2D eigenvalue weighted by Gasteiger charge is 2.22. The molecule has 1 amide bonds. The van der Waals surface area contributed by atoms with E-state index in [1.54, 1.807) is 16.9 Å². The minimum absolute atomic E-state index is 0.189. The Hall–Kier alpha value is -3.89. The molecule has 1 aliphatic rings. The number of benzene rings is 2. The standard InChI is InChI=1S/C26H22N4O2S/c27-16-22-21-8-4-5-9-24(21)33-26(22)28-25(31)23-14-15-30(29-23)17-32-20-12-10-19(11-13-20)18-6-2-1-3-7-18/h1-3,6-7,10-15H,4-5,8-9,17H2,(H,28,31). The van der Waals surface area contributed by atoms with Crippen molar-refractivity contribution in [1.82, 2.24) is 9.78 Å². The fraction of sp³-hybridized carbons (Fsp3) is 0.192. The highest BCUT2D eigenvalue weighted by Crippen LogP contribution is 2.37. The van der Waals surface area contributed by atoms with Crippen LogP contribution in [0.2, 0.25) is 0 Å². The number of nitrogens with zero attached hydrogens (tertiary/aromatic N) is 3. The van der Waals surface area contributed by atoms with Crippen LogP contribution in [-0.4, -0.2) is 15.7 Å². The Labute approximate surface area is 196 Å². The molecule has 164 valence electrons. The number of fused-ring (bicyclic) bond motifs is 1. The molecule has 2 aromatic heterocycles. The van der Waals surface area contributed by atoms with Crippen molar-refractivity contribution in [2.75, 3.05) is 5.32 Å². The van der Waals surface area contributed by atoms with Gasteiger partial charge in [0.15, 0.2) is 12.4 Å². The second-order valence-corrected chi connectivity index (χ2v) is 8.99. The van der Waals surface area contributed by atoms with Crippen LogP contribution in [0.4, 0.5) is 5.00 Å². The number of amides is 1. The molecule has 0 radical (unpaired) electrons. The second-order valence-electron chi connectivity index (χ2n) is 7.89. The van der Waals surface area contributed by atoms with E-state index in [4.69, 9.17) is 4.74 Å². The number of carbonyl (C=O) groups excluding carboxylic acids is 1. The number of hydrogen-bond acceptors (Lipinski definition) is 5. The van der Waals surface area contributed by atoms with Crippen LogP contribution in [-0.2, 0) is 19.6 Å². The lowest BCUT2D eigenvalue weighted by molar-refractivity contribution is 0.102. The molecule has 0 unspecified atom stereocenters. The first-order valence-corrected chi connectivity index (χ1v) is 11.7. The van der Waals surface area contributed by atoms with Crippen molar-refractivity contribution in [2.24, 2.45) is 0 Å². The van der Waals surface area contributed by atoms with Crippen molar-refractivity contribution in [2.45, 2.75) is 32.4 Å². The van der Waals surface area contributed by atoms with E-state index in [0.717, 1.165) is 48.1 Å². The first-order valence-electron chi connectivity index (χ1n) is 10.9. The maximum absolute atomic E-state index is 12.7. The zero-order valence-electron chi connectivity index (χ0n) is 18.0. The number of aromatic nitrogens is 2. The first kappa shape index (κ1) is 21.0. The molecular weight excluding hydrogens is 432 g/mol. The predicted molar refractivity (Wildman–Crippen MR) is 128 cm³/mol. The van der Waals surface area contributed by atoms with Gasteiger partial charge in [-0.15, -0.1) is 11.3 Å². The van der Waals surface area contributed by atoms with Crippen LogP contribution in [0.3, 0.4) is 0 Å². The van der Waals surface area contributed by atoms with Gasteiger partial charge in [-0.25, -0.2) is 4.68 Å². The third kappa shape index (κ3) is 4.52. The van der Waals surface area contributed by atoms with E-state index in [1.165, 1.54) is 16.2 Å². The summed E-state index contributed by atoms with van der Waals surface area (Å²) < 4.78 is 7.39. The van der Waals surface area contributed by atoms with Crippen molar-refractivity contribution in [1.29, 1.82) is 5.26 Å². The molecule has 5 rings (SSSR count). The molecule has 0 fully saturated rings. The third-order valence-corrected chi connectivity index (χ3v) is 6.92. The summed E-state index contributed by atoms with van der Waals surface area (Å²) in [6, 6.07) is 21.9. The lowest BCUT2D eigenvalue weighted by Crippen LogP contribution is -2.14.